The van der Waals surface area contributed by atoms with Crippen molar-refractivity contribution in [3.8, 4) is 16.9 Å². The van der Waals surface area contributed by atoms with Gasteiger partial charge in [0, 0.05) is 0 Å². The van der Waals surface area contributed by atoms with Crippen LogP contribution >= 0.6 is 11.6 Å². The number of rotatable bonds is 2. The fourth-order valence-corrected chi connectivity index (χ4v) is 1.78. The van der Waals surface area contributed by atoms with E-state index >= 15 is 0 Å². The summed E-state index contributed by atoms with van der Waals surface area (Å²) in [4.78, 5) is 11.3. The Kier molecular flexibility index (Phi) is 3.53. The average Bonchev–Trinajstić information content (AvgIpc) is 2.41. The third-order valence-electron chi connectivity index (χ3n) is 2.59. The minimum absolute atomic E-state index is 0.0478. The minimum Gasteiger partial charge on any atom is -0.506 e. The first-order valence-electron chi connectivity index (χ1n) is 5.29. The van der Waals surface area contributed by atoms with Gasteiger partial charge in [-0.2, -0.15) is 0 Å². The van der Waals surface area contributed by atoms with E-state index in [-0.39, 0.29) is 11.7 Å². The smallest absolute Gasteiger partial charge is 0.337 e. The van der Waals surface area contributed by atoms with E-state index < -0.39 is 0 Å². The van der Waals surface area contributed by atoms with Crippen LogP contribution in [0.5, 0.6) is 5.75 Å². The molecule has 0 amide bonds. The van der Waals surface area contributed by atoms with Gasteiger partial charge in [-0.1, -0.05) is 29.8 Å². The van der Waals surface area contributed by atoms with Crippen molar-refractivity contribution in [2.75, 3.05) is 7.11 Å². The van der Waals surface area contributed by atoms with Crippen molar-refractivity contribution >= 4 is 17.6 Å². The Labute approximate surface area is 110 Å². The molecule has 0 aliphatic rings. The predicted molar refractivity (Wildman–Crippen MR) is 69.9 cm³/mol. The highest BCUT2D eigenvalue weighted by atomic mass is 35.5. The number of phenolic OH excluding ortho intramolecular Hbond substituents is 1. The maximum absolute atomic E-state index is 11.3. The summed E-state index contributed by atoms with van der Waals surface area (Å²) < 4.78 is 4.62. The van der Waals surface area contributed by atoms with Crippen molar-refractivity contribution < 1.29 is 14.6 Å². The Morgan fingerprint density at radius 1 is 1.11 bits per heavy atom. The van der Waals surface area contributed by atoms with Crippen molar-refractivity contribution in [3.63, 3.8) is 0 Å². The standard InChI is InChI=1S/C14H11ClO3/c1-18-14(17)10-4-2-9(3-5-10)11-6-7-13(16)12(15)8-11/h2-8,16H,1H3. The van der Waals surface area contributed by atoms with E-state index in [1.54, 1.807) is 36.4 Å². The molecule has 2 aromatic rings. The van der Waals surface area contributed by atoms with Gasteiger partial charge in [-0.05, 0) is 35.4 Å². The summed E-state index contributed by atoms with van der Waals surface area (Å²) in [6.07, 6.45) is 0. The zero-order valence-electron chi connectivity index (χ0n) is 9.68. The first kappa shape index (κ1) is 12.5. The zero-order valence-corrected chi connectivity index (χ0v) is 10.4. The van der Waals surface area contributed by atoms with Gasteiger partial charge in [0.05, 0.1) is 17.7 Å². The molecule has 3 nitrogen and oxygen atoms in total. The van der Waals surface area contributed by atoms with Crippen LogP contribution in [0.2, 0.25) is 5.02 Å². The van der Waals surface area contributed by atoms with Gasteiger partial charge in [0.2, 0.25) is 0 Å². The Hall–Kier alpha value is -2.00. The van der Waals surface area contributed by atoms with Crippen molar-refractivity contribution in [1.82, 2.24) is 0 Å². The monoisotopic (exact) mass is 262 g/mol. The molecular formula is C14H11ClO3. The first-order chi connectivity index (χ1) is 8.61. The van der Waals surface area contributed by atoms with Gasteiger partial charge in [0.1, 0.15) is 5.75 Å². The number of carbonyl (C=O) groups excluding carboxylic acids is 1. The minimum atomic E-state index is -0.370. The molecule has 2 rings (SSSR count). The summed E-state index contributed by atoms with van der Waals surface area (Å²) in [5.74, 6) is -0.322. The van der Waals surface area contributed by atoms with Crippen LogP contribution in [0, 0.1) is 0 Å². The summed E-state index contributed by atoms with van der Waals surface area (Å²) >= 11 is 5.84. The fraction of sp³-hybridized carbons (Fsp3) is 0.0714. The second kappa shape index (κ2) is 5.10. The summed E-state index contributed by atoms with van der Waals surface area (Å²) in [5, 5.41) is 9.64. The molecule has 0 aliphatic heterocycles. The zero-order chi connectivity index (χ0) is 13.1. The van der Waals surface area contributed by atoms with Crippen LogP contribution < -0.4 is 0 Å². The van der Waals surface area contributed by atoms with E-state index in [2.05, 4.69) is 4.74 Å². The Bertz CT molecular complexity index is 576. The number of hydrogen-bond donors (Lipinski definition) is 1. The molecule has 0 bridgehead atoms. The van der Waals surface area contributed by atoms with Crippen LogP contribution in [0.4, 0.5) is 0 Å². The molecule has 18 heavy (non-hydrogen) atoms. The number of ether oxygens (including phenoxy) is 1. The molecule has 0 saturated heterocycles. The number of halogens is 1. The highest BCUT2D eigenvalue weighted by molar-refractivity contribution is 6.32. The lowest BCUT2D eigenvalue weighted by molar-refractivity contribution is 0.0601. The van der Waals surface area contributed by atoms with Crippen molar-refractivity contribution in [2.24, 2.45) is 0 Å². The fourth-order valence-electron chi connectivity index (χ4n) is 1.60. The summed E-state index contributed by atoms with van der Waals surface area (Å²) in [6.45, 7) is 0. The Morgan fingerprint density at radius 2 is 1.72 bits per heavy atom. The molecule has 0 unspecified atom stereocenters. The largest absolute Gasteiger partial charge is 0.506 e. The van der Waals surface area contributed by atoms with Gasteiger partial charge in [0.15, 0.2) is 0 Å². The molecule has 1 N–H and O–H groups in total. The van der Waals surface area contributed by atoms with Crippen molar-refractivity contribution in [1.29, 1.82) is 0 Å². The molecule has 4 heteroatoms. The van der Waals surface area contributed by atoms with Gasteiger partial charge in [-0.15, -0.1) is 0 Å². The quantitative estimate of drug-likeness (QED) is 0.843. The van der Waals surface area contributed by atoms with E-state index in [0.717, 1.165) is 11.1 Å². The lowest BCUT2D eigenvalue weighted by Crippen LogP contribution is -2.00. The van der Waals surface area contributed by atoms with Crippen LogP contribution in [0.1, 0.15) is 10.4 Å². The maximum Gasteiger partial charge on any atom is 0.337 e. The number of methoxy groups -OCH3 is 1. The highest BCUT2D eigenvalue weighted by Crippen LogP contribution is 2.29. The Morgan fingerprint density at radius 3 is 2.28 bits per heavy atom. The molecular weight excluding hydrogens is 252 g/mol. The second-order valence-corrected chi connectivity index (χ2v) is 4.14. The van der Waals surface area contributed by atoms with E-state index in [0.29, 0.717) is 10.6 Å². The predicted octanol–water partition coefficient (Wildman–Crippen LogP) is 3.50. The van der Waals surface area contributed by atoms with E-state index in [1.807, 2.05) is 0 Å². The van der Waals surface area contributed by atoms with Gasteiger partial charge < -0.3 is 9.84 Å². The van der Waals surface area contributed by atoms with Gasteiger partial charge >= 0.3 is 5.97 Å². The number of esters is 1. The number of phenols is 1. The van der Waals surface area contributed by atoms with Gasteiger partial charge in [-0.3, -0.25) is 0 Å². The lowest BCUT2D eigenvalue weighted by atomic mass is 10.0. The van der Waals surface area contributed by atoms with Crippen LogP contribution in [0.15, 0.2) is 42.5 Å². The molecule has 0 aliphatic carbocycles. The third-order valence-corrected chi connectivity index (χ3v) is 2.89. The average molecular weight is 263 g/mol. The number of carbonyl (C=O) groups is 1. The van der Waals surface area contributed by atoms with Crippen LogP contribution in [-0.2, 0) is 4.74 Å². The highest BCUT2D eigenvalue weighted by Gasteiger charge is 2.06. The van der Waals surface area contributed by atoms with E-state index in [1.165, 1.54) is 13.2 Å². The second-order valence-electron chi connectivity index (χ2n) is 3.74. The normalized spacial score (nSPS) is 10.1. The van der Waals surface area contributed by atoms with Crippen LogP contribution in [-0.4, -0.2) is 18.2 Å². The molecule has 0 fully saturated rings. The number of hydrogen-bond acceptors (Lipinski definition) is 3. The summed E-state index contributed by atoms with van der Waals surface area (Å²) in [6, 6.07) is 11.9. The van der Waals surface area contributed by atoms with Crippen molar-refractivity contribution in [2.45, 2.75) is 0 Å². The molecule has 0 radical (unpaired) electrons. The Balaban J connectivity index is 2.34. The van der Waals surface area contributed by atoms with Crippen LogP contribution in [0.3, 0.4) is 0 Å². The van der Waals surface area contributed by atoms with Crippen molar-refractivity contribution in [3.05, 3.63) is 53.1 Å². The lowest BCUT2D eigenvalue weighted by Gasteiger charge is -2.05. The topological polar surface area (TPSA) is 46.5 Å². The van der Waals surface area contributed by atoms with Gasteiger partial charge in [-0.25, -0.2) is 4.79 Å². The van der Waals surface area contributed by atoms with Crippen LogP contribution in [0.25, 0.3) is 11.1 Å². The van der Waals surface area contributed by atoms with E-state index in [4.69, 9.17) is 11.6 Å². The number of aromatic hydroxyl groups is 1. The third kappa shape index (κ3) is 2.46. The molecule has 0 atom stereocenters. The van der Waals surface area contributed by atoms with E-state index in [9.17, 15) is 9.90 Å². The molecule has 2 aromatic carbocycles. The summed E-state index contributed by atoms with van der Waals surface area (Å²) in [5.41, 5.74) is 2.27. The maximum atomic E-state index is 11.3. The molecule has 0 spiro atoms. The first-order valence-corrected chi connectivity index (χ1v) is 5.67. The number of benzene rings is 2. The SMILES string of the molecule is COC(=O)c1ccc(-c2ccc(O)c(Cl)c2)cc1. The molecule has 0 heterocycles. The molecule has 0 saturated carbocycles. The molecule has 92 valence electrons. The molecule has 0 aromatic heterocycles. The van der Waals surface area contributed by atoms with Gasteiger partial charge in [0.25, 0.3) is 0 Å². The summed E-state index contributed by atoms with van der Waals surface area (Å²) in [7, 11) is 1.34.